The van der Waals surface area contributed by atoms with Crippen LogP contribution in [-0.2, 0) is 6.42 Å². The Balaban J connectivity index is 2.31. The topological polar surface area (TPSA) is 12.0 Å². The molecule has 0 amide bonds. The van der Waals surface area contributed by atoms with E-state index >= 15 is 0 Å². The van der Waals surface area contributed by atoms with Crippen LogP contribution in [0.15, 0.2) is 6.07 Å². The van der Waals surface area contributed by atoms with Crippen LogP contribution < -0.4 is 5.32 Å². The third-order valence-electron chi connectivity index (χ3n) is 3.36. The van der Waals surface area contributed by atoms with Gasteiger partial charge in [0.1, 0.15) is 0 Å². The molecule has 1 aromatic rings. The lowest BCUT2D eigenvalue weighted by Gasteiger charge is -2.24. The minimum atomic E-state index is 0.408. The van der Waals surface area contributed by atoms with E-state index in [1.807, 2.05) is 0 Å². The van der Waals surface area contributed by atoms with Gasteiger partial charge in [-0.25, -0.2) is 0 Å². The minimum absolute atomic E-state index is 0.408. The number of hydrogen-bond acceptors (Lipinski definition) is 2. The van der Waals surface area contributed by atoms with E-state index < -0.39 is 0 Å². The highest BCUT2D eigenvalue weighted by Crippen LogP contribution is 2.32. The summed E-state index contributed by atoms with van der Waals surface area (Å²) in [7, 11) is 0. The van der Waals surface area contributed by atoms with E-state index in [0.717, 1.165) is 23.8 Å². The van der Waals surface area contributed by atoms with E-state index in [-0.39, 0.29) is 0 Å². The van der Waals surface area contributed by atoms with Crippen molar-refractivity contribution in [3.05, 3.63) is 20.8 Å². The summed E-state index contributed by atoms with van der Waals surface area (Å²) in [4.78, 5) is 1.42. The molecular weight excluding hydrogens is 262 g/mol. The maximum absolute atomic E-state index is 6.11. The van der Waals surface area contributed by atoms with Crippen LogP contribution in [0.25, 0.3) is 0 Å². The van der Waals surface area contributed by atoms with Gasteiger partial charge in [-0.1, -0.05) is 32.4 Å². The molecule has 0 aliphatic carbocycles. The first-order valence-electron chi connectivity index (χ1n) is 6.90. The van der Waals surface area contributed by atoms with Crippen LogP contribution in [0.2, 0.25) is 4.34 Å². The zero-order valence-electron chi connectivity index (χ0n) is 12.1. The van der Waals surface area contributed by atoms with Gasteiger partial charge in [0.05, 0.1) is 4.34 Å². The molecule has 104 valence electrons. The Morgan fingerprint density at radius 2 is 2.00 bits per heavy atom. The number of nitrogens with one attached hydrogen (secondary N) is 1. The lowest BCUT2D eigenvalue weighted by Crippen LogP contribution is -2.23. The first-order chi connectivity index (χ1) is 8.44. The molecule has 0 bridgehead atoms. The first-order valence-corrected chi connectivity index (χ1v) is 8.09. The van der Waals surface area contributed by atoms with Gasteiger partial charge < -0.3 is 5.32 Å². The van der Waals surface area contributed by atoms with Crippen LogP contribution in [0, 0.1) is 12.3 Å². The quantitative estimate of drug-likeness (QED) is 0.659. The second kappa shape index (κ2) is 7.52. The molecule has 1 N–H and O–H groups in total. The van der Waals surface area contributed by atoms with Gasteiger partial charge in [-0.05, 0) is 62.7 Å². The lowest BCUT2D eigenvalue weighted by atomic mass is 9.84. The van der Waals surface area contributed by atoms with Crippen molar-refractivity contribution in [1.82, 2.24) is 5.32 Å². The second-order valence-corrected chi connectivity index (χ2v) is 7.57. The zero-order chi connectivity index (χ0) is 13.6. The normalized spacial score (nSPS) is 12.1. The van der Waals surface area contributed by atoms with Gasteiger partial charge in [0, 0.05) is 4.88 Å². The molecule has 0 aromatic carbocycles. The SMILES string of the molecule is CCCNCCC(C)(C)CCc1cc(C)c(Cl)s1. The number of thiophene rings is 1. The zero-order valence-corrected chi connectivity index (χ0v) is 13.7. The molecular formula is C15H26ClNS. The summed E-state index contributed by atoms with van der Waals surface area (Å²) in [6.07, 6.45) is 4.84. The van der Waals surface area contributed by atoms with E-state index in [1.54, 1.807) is 11.3 Å². The molecule has 0 aliphatic heterocycles. The summed E-state index contributed by atoms with van der Waals surface area (Å²) in [6, 6.07) is 2.23. The third kappa shape index (κ3) is 5.73. The van der Waals surface area contributed by atoms with Crippen molar-refractivity contribution >= 4 is 22.9 Å². The van der Waals surface area contributed by atoms with Gasteiger partial charge in [0.15, 0.2) is 0 Å². The van der Waals surface area contributed by atoms with Crippen LogP contribution in [0.1, 0.15) is 50.5 Å². The van der Waals surface area contributed by atoms with Crippen LogP contribution >= 0.6 is 22.9 Å². The molecule has 0 saturated heterocycles. The number of aryl methyl sites for hydroxylation is 2. The average molecular weight is 288 g/mol. The van der Waals surface area contributed by atoms with Crippen LogP contribution in [0.3, 0.4) is 0 Å². The fraction of sp³-hybridized carbons (Fsp3) is 0.733. The lowest BCUT2D eigenvalue weighted by molar-refractivity contribution is 0.303. The number of halogens is 1. The molecule has 0 fully saturated rings. The van der Waals surface area contributed by atoms with Crippen LogP contribution in [0.4, 0.5) is 0 Å². The summed E-state index contributed by atoms with van der Waals surface area (Å²) >= 11 is 7.84. The summed E-state index contributed by atoms with van der Waals surface area (Å²) in [5, 5.41) is 3.48. The van der Waals surface area contributed by atoms with Gasteiger partial charge in [0.25, 0.3) is 0 Å². The second-order valence-electron chi connectivity index (χ2n) is 5.83. The van der Waals surface area contributed by atoms with Crippen molar-refractivity contribution in [1.29, 1.82) is 0 Å². The molecule has 0 radical (unpaired) electrons. The fourth-order valence-electron chi connectivity index (χ4n) is 1.96. The smallest absolute Gasteiger partial charge is 0.0960 e. The molecule has 0 saturated carbocycles. The molecule has 1 aromatic heterocycles. The highest BCUT2D eigenvalue weighted by molar-refractivity contribution is 7.16. The molecule has 18 heavy (non-hydrogen) atoms. The van der Waals surface area contributed by atoms with E-state index in [2.05, 4.69) is 39.1 Å². The van der Waals surface area contributed by atoms with E-state index in [9.17, 15) is 0 Å². The number of rotatable bonds is 8. The predicted molar refractivity (Wildman–Crippen MR) is 83.9 cm³/mol. The Morgan fingerprint density at radius 3 is 2.56 bits per heavy atom. The Bertz CT molecular complexity index is 338. The summed E-state index contributed by atoms with van der Waals surface area (Å²) in [5.41, 5.74) is 1.63. The van der Waals surface area contributed by atoms with Gasteiger partial charge in [0.2, 0.25) is 0 Å². The Kier molecular flexibility index (Phi) is 6.68. The van der Waals surface area contributed by atoms with Gasteiger partial charge in [-0.15, -0.1) is 11.3 Å². The highest BCUT2D eigenvalue weighted by Gasteiger charge is 2.17. The molecule has 3 heteroatoms. The minimum Gasteiger partial charge on any atom is -0.317 e. The molecule has 0 atom stereocenters. The standard InChI is InChI=1S/C15H26ClNS/c1-5-9-17-10-8-15(3,4)7-6-13-11-12(2)14(16)18-13/h11,17H,5-10H2,1-4H3. The monoisotopic (exact) mass is 287 g/mol. The van der Waals surface area contributed by atoms with Crippen LogP contribution in [0.5, 0.6) is 0 Å². The van der Waals surface area contributed by atoms with Crippen molar-refractivity contribution in [3.8, 4) is 0 Å². The summed E-state index contributed by atoms with van der Waals surface area (Å²) < 4.78 is 0.951. The maximum atomic E-state index is 6.11. The Morgan fingerprint density at radius 1 is 1.28 bits per heavy atom. The molecule has 0 spiro atoms. The molecule has 0 unspecified atom stereocenters. The highest BCUT2D eigenvalue weighted by atomic mass is 35.5. The maximum Gasteiger partial charge on any atom is 0.0960 e. The first kappa shape index (κ1) is 16.0. The summed E-state index contributed by atoms with van der Waals surface area (Å²) in [6.45, 7) is 11.3. The molecule has 1 nitrogen and oxygen atoms in total. The van der Waals surface area contributed by atoms with Crippen molar-refractivity contribution in [2.75, 3.05) is 13.1 Å². The van der Waals surface area contributed by atoms with Crippen LogP contribution in [-0.4, -0.2) is 13.1 Å². The molecule has 1 rings (SSSR count). The van der Waals surface area contributed by atoms with Gasteiger partial charge in [-0.3, -0.25) is 0 Å². The average Bonchev–Trinajstić information content (AvgIpc) is 2.62. The van der Waals surface area contributed by atoms with E-state index in [0.29, 0.717) is 5.41 Å². The Labute approximate surface area is 121 Å². The fourth-order valence-corrected chi connectivity index (χ4v) is 3.20. The largest absolute Gasteiger partial charge is 0.317 e. The van der Waals surface area contributed by atoms with E-state index in [1.165, 1.54) is 29.7 Å². The van der Waals surface area contributed by atoms with Gasteiger partial charge >= 0.3 is 0 Å². The number of hydrogen-bond donors (Lipinski definition) is 1. The molecule has 0 aliphatic rings. The van der Waals surface area contributed by atoms with Gasteiger partial charge in [-0.2, -0.15) is 0 Å². The van der Waals surface area contributed by atoms with Crippen molar-refractivity contribution < 1.29 is 0 Å². The van der Waals surface area contributed by atoms with Crippen molar-refractivity contribution in [2.45, 2.75) is 53.4 Å². The molecule has 1 heterocycles. The van der Waals surface area contributed by atoms with E-state index in [4.69, 9.17) is 11.6 Å². The van der Waals surface area contributed by atoms with Crippen molar-refractivity contribution in [2.24, 2.45) is 5.41 Å². The third-order valence-corrected chi connectivity index (χ3v) is 4.98. The summed E-state index contributed by atoms with van der Waals surface area (Å²) in [5.74, 6) is 0. The van der Waals surface area contributed by atoms with Crippen molar-refractivity contribution in [3.63, 3.8) is 0 Å². The Hall–Kier alpha value is -0.0500. The predicted octanol–water partition coefficient (Wildman–Crippen LogP) is 5.06.